The molecular formula is C18H12ClFN4O2. The fourth-order valence-electron chi connectivity index (χ4n) is 2.82. The first kappa shape index (κ1) is 16.4. The fourth-order valence-corrected chi connectivity index (χ4v) is 3.03. The van der Waals surface area contributed by atoms with Crippen molar-refractivity contribution < 1.29 is 4.39 Å². The van der Waals surface area contributed by atoms with E-state index in [4.69, 9.17) is 11.6 Å². The molecule has 0 spiro atoms. The average molecular weight is 371 g/mol. The summed E-state index contributed by atoms with van der Waals surface area (Å²) in [6.45, 7) is 1.92. The minimum Gasteiger partial charge on any atom is -0.293 e. The van der Waals surface area contributed by atoms with Gasteiger partial charge in [-0.15, -0.1) is 0 Å². The topological polar surface area (TPSA) is 69.3 Å². The van der Waals surface area contributed by atoms with Crippen LogP contribution in [-0.4, -0.2) is 18.9 Å². The van der Waals surface area contributed by atoms with Crippen molar-refractivity contribution in [2.24, 2.45) is 0 Å². The summed E-state index contributed by atoms with van der Waals surface area (Å²) < 4.78 is 16.6. The Labute approximate surface area is 151 Å². The number of fused-ring (bicyclic) bond motifs is 2. The fraction of sp³-hybridized carbons (Fsp3) is 0.111. The molecule has 0 fully saturated rings. The van der Waals surface area contributed by atoms with E-state index < -0.39 is 11.4 Å². The number of pyridine rings is 1. The Balaban J connectivity index is 1.84. The van der Waals surface area contributed by atoms with Gasteiger partial charge in [-0.1, -0.05) is 17.7 Å². The van der Waals surface area contributed by atoms with Crippen LogP contribution < -0.4 is 11.1 Å². The number of nitrogens with zero attached hydrogens (tertiary/aromatic N) is 4. The molecule has 1 aromatic carbocycles. The van der Waals surface area contributed by atoms with Crippen molar-refractivity contribution >= 4 is 28.2 Å². The Morgan fingerprint density at radius 3 is 2.81 bits per heavy atom. The zero-order valence-corrected chi connectivity index (χ0v) is 14.4. The first-order chi connectivity index (χ1) is 12.4. The van der Waals surface area contributed by atoms with Gasteiger partial charge < -0.3 is 0 Å². The van der Waals surface area contributed by atoms with Crippen molar-refractivity contribution in [3.63, 3.8) is 0 Å². The number of hydrogen-bond donors (Lipinski definition) is 0. The number of aryl methyl sites for hydroxylation is 1. The molecule has 0 atom stereocenters. The lowest BCUT2D eigenvalue weighted by molar-refractivity contribution is 0.634. The summed E-state index contributed by atoms with van der Waals surface area (Å²) in [6.07, 6.45) is 2.93. The molecule has 0 amide bonds. The molecule has 0 aliphatic heterocycles. The normalized spacial score (nSPS) is 11.3. The Hall–Kier alpha value is -3.06. The molecule has 0 bridgehead atoms. The maximum absolute atomic E-state index is 13.9. The van der Waals surface area contributed by atoms with E-state index in [1.807, 2.05) is 13.0 Å². The summed E-state index contributed by atoms with van der Waals surface area (Å²) in [5.41, 5.74) is 1.08. The lowest BCUT2D eigenvalue weighted by atomic mass is 10.2. The third-order valence-electron chi connectivity index (χ3n) is 4.04. The van der Waals surface area contributed by atoms with E-state index in [1.165, 1.54) is 27.4 Å². The van der Waals surface area contributed by atoms with Crippen molar-refractivity contribution in [2.75, 3.05) is 0 Å². The predicted octanol–water partition coefficient (Wildman–Crippen LogP) is 2.55. The maximum atomic E-state index is 13.9. The van der Waals surface area contributed by atoms with Gasteiger partial charge in [-0.25, -0.2) is 14.4 Å². The zero-order valence-electron chi connectivity index (χ0n) is 13.6. The molecule has 4 rings (SSSR count). The molecule has 0 radical (unpaired) electrons. The Morgan fingerprint density at radius 2 is 2.00 bits per heavy atom. The molecule has 4 aromatic rings. The Kier molecular flexibility index (Phi) is 3.81. The van der Waals surface area contributed by atoms with E-state index in [9.17, 15) is 14.0 Å². The minimum atomic E-state index is -0.658. The summed E-state index contributed by atoms with van der Waals surface area (Å²) in [5, 5.41) is 0.190. The lowest BCUT2D eigenvalue weighted by Gasteiger charge is -2.08. The monoisotopic (exact) mass is 370 g/mol. The Morgan fingerprint density at radius 1 is 1.19 bits per heavy atom. The quantitative estimate of drug-likeness (QED) is 0.544. The second kappa shape index (κ2) is 6.03. The maximum Gasteiger partial charge on any atom is 0.261 e. The highest BCUT2D eigenvalue weighted by atomic mass is 35.5. The lowest BCUT2D eigenvalue weighted by Crippen LogP contribution is -2.24. The van der Waals surface area contributed by atoms with Gasteiger partial charge in [-0.2, -0.15) is 0 Å². The molecule has 8 heteroatoms. The number of aromatic nitrogens is 4. The second-order valence-electron chi connectivity index (χ2n) is 5.98. The third kappa shape index (κ3) is 2.76. The highest BCUT2D eigenvalue weighted by molar-refractivity contribution is 6.31. The number of benzene rings is 1. The molecule has 0 N–H and O–H groups in total. The van der Waals surface area contributed by atoms with E-state index in [1.54, 1.807) is 12.3 Å². The predicted molar refractivity (Wildman–Crippen MR) is 96.3 cm³/mol. The molecule has 26 heavy (non-hydrogen) atoms. The van der Waals surface area contributed by atoms with Crippen molar-refractivity contribution in [1.82, 2.24) is 18.9 Å². The van der Waals surface area contributed by atoms with E-state index in [-0.39, 0.29) is 28.0 Å². The number of halogens is 2. The molecule has 6 nitrogen and oxygen atoms in total. The molecule has 130 valence electrons. The molecule has 3 heterocycles. The molecule has 0 aliphatic carbocycles. The summed E-state index contributed by atoms with van der Waals surface area (Å²) in [7, 11) is 0. The minimum absolute atomic E-state index is 0.0372. The molecular weight excluding hydrogens is 359 g/mol. The van der Waals surface area contributed by atoms with Crippen molar-refractivity contribution in [1.29, 1.82) is 0 Å². The van der Waals surface area contributed by atoms with Crippen LogP contribution >= 0.6 is 11.6 Å². The van der Waals surface area contributed by atoms with Gasteiger partial charge in [0.1, 0.15) is 11.2 Å². The van der Waals surface area contributed by atoms with Gasteiger partial charge in [0.2, 0.25) is 0 Å². The van der Waals surface area contributed by atoms with Crippen LogP contribution in [0.1, 0.15) is 11.3 Å². The van der Waals surface area contributed by atoms with Gasteiger partial charge in [0.25, 0.3) is 11.1 Å². The SMILES string of the molecule is Cc1ccc2nc(Cn3cnc4c(F)cc(Cl)cc4c3=O)cc(=O)n2c1. The first-order valence-electron chi connectivity index (χ1n) is 7.75. The number of hydrogen-bond acceptors (Lipinski definition) is 4. The summed E-state index contributed by atoms with van der Waals surface area (Å²) in [5.74, 6) is -0.658. The molecule has 0 saturated heterocycles. The van der Waals surface area contributed by atoms with Crippen LogP contribution in [0.3, 0.4) is 0 Å². The van der Waals surface area contributed by atoms with E-state index in [0.29, 0.717) is 11.3 Å². The van der Waals surface area contributed by atoms with Gasteiger partial charge in [-0.3, -0.25) is 18.6 Å². The highest BCUT2D eigenvalue weighted by Crippen LogP contribution is 2.18. The van der Waals surface area contributed by atoms with E-state index in [0.717, 1.165) is 11.6 Å². The van der Waals surface area contributed by atoms with Gasteiger partial charge in [-0.05, 0) is 30.7 Å². The molecule has 3 aromatic heterocycles. The van der Waals surface area contributed by atoms with Gasteiger partial charge in [0.15, 0.2) is 5.82 Å². The Bertz CT molecular complexity index is 1300. The van der Waals surface area contributed by atoms with Crippen LogP contribution in [0.4, 0.5) is 4.39 Å². The van der Waals surface area contributed by atoms with Crippen LogP contribution in [0, 0.1) is 12.7 Å². The van der Waals surface area contributed by atoms with Crippen LogP contribution in [-0.2, 0) is 6.54 Å². The average Bonchev–Trinajstić information content (AvgIpc) is 2.58. The van der Waals surface area contributed by atoms with Crippen molar-refractivity contribution in [3.8, 4) is 0 Å². The van der Waals surface area contributed by atoms with E-state index in [2.05, 4.69) is 9.97 Å². The third-order valence-corrected chi connectivity index (χ3v) is 4.26. The van der Waals surface area contributed by atoms with Crippen LogP contribution in [0.15, 0.2) is 52.4 Å². The summed E-state index contributed by atoms with van der Waals surface area (Å²) in [4.78, 5) is 33.3. The van der Waals surface area contributed by atoms with Gasteiger partial charge in [0.05, 0.1) is 24.0 Å². The van der Waals surface area contributed by atoms with Crippen molar-refractivity contribution in [2.45, 2.75) is 13.5 Å². The van der Waals surface area contributed by atoms with Crippen LogP contribution in [0.5, 0.6) is 0 Å². The molecule has 0 unspecified atom stereocenters. The smallest absolute Gasteiger partial charge is 0.261 e. The van der Waals surface area contributed by atoms with Gasteiger partial charge >= 0.3 is 0 Å². The first-order valence-corrected chi connectivity index (χ1v) is 8.13. The second-order valence-corrected chi connectivity index (χ2v) is 6.42. The number of rotatable bonds is 2. The van der Waals surface area contributed by atoms with Crippen LogP contribution in [0.25, 0.3) is 16.6 Å². The molecule has 0 aliphatic rings. The van der Waals surface area contributed by atoms with E-state index >= 15 is 0 Å². The summed E-state index contributed by atoms with van der Waals surface area (Å²) >= 11 is 5.83. The zero-order chi connectivity index (χ0) is 18.4. The largest absolute Gasteiger partial charge is 0.293 e. The highest BCUT2D eigenvalue weighted by Gasteiger charge is 2.11. The van der Waals surface area contributed by atoms with Crippen LogP contribution in [0.2, 0.25) is 5.02 Å². The van der Waals surface area contributed by atoms with Gasteiger partial charge in [0, 0.05) is 17.3 Å². The van der Waals surface area contributed by atoms with Crippen molar-refractivity contribution in [3.05, 3.63) is 85.7 Å². The summed E-state index contributed by atoms with van der Waals surface area (Å²) in [6, 6.07) is 7.42. The molecule has 0 saturated carbocycles. The standard InChI is InChI=1S/C18H12ClFN4O2/c1-10-2-3-15-22-12(6-16(25)24(15)7-10)8-23-9-21-17-13(18(23)26)4-11(19)5-14(17)20/h2-7,9H,8H2,1H3.